The van der Waals surface area contributed by atoms with Crippen molar-refractivity contribution in [2.75, 3.05) is 0 Å². The van der Waals surface area contributed by atoms with Gasteiger partial charge in [0, 0.05) is 5.56 Å². The molecule has 0 saturated heterocycles. The van der Waals surface area contributed by atoms with E-state index in [4.69, 9.17) is 0 Å². The summed E-state index contributed by atoms with van der Waals surface area (Å²) in [6.45, 7) is 4.15. The summed E-state index contributed by atoms with van der Waals surface area (Å²) in [6, 6.07) is 14.9. The van der Waals surface area contributed by atoms with E-state index in [-0.39, 0.29) is 9.24 Å². The molecule has 0 unspecified atom stereocenters. The molecular weight excluding hydrogens is 388 g/mol. The maximum absolute atomic E-state index is 12.7. The normalized spacial score (nSPS) is 11.6. The lowest BCUT2D eigenvalue weighted by molar-refractivity contribution is 0.595. The molecule has 0 N–H and O–H groups in total. The van der Waals surface area contributed by atoms with Crippen LogP contribution in [0.3, 0.4) is 0 Å². The minimum absolute atomic E-state index is 0.0337. The summed E-state index contributed by atoms with van der Waals surface area (Å²) in [5, 5.41) is 0. The van der Waals surface area contributed by atoms with Gasteiger partial charge in [0.05, 0.1) is 4.90 Å². The summed E-state index contributed by atoms with van der Waals surface area (Å²) < 4.78 is 29.8. The Morgan fingerprint density at radius 3 is 2.25 bits per heavy atom. The SMILES string of the molecule is CCCCCCCc1ccc(-c2nsc(S(=O)(=O)c3ccc(C)cc3)n2)cc1. The smallest absolute Gasteiger partial charge is 0.216 e. The predicted molar refractivity (Wildman–Crippen MR) is 114 cm³/mol. The molecule has 1 heterocycles. The lowest BCUT2D eigenvalue weighted by atomic mass is 10.0. The van der Waals surface area contributed by atoms with Gasteiger partial charge < -0.3 is 0 Å². The Morgan fingerprint density at radius 1 is 0.893 bits per heavy atom. The van der Waals surface area contributed by atoms with Crippen LogP contribution >= 0.6 is 11.5 Å². The first kappa shape index (κ1) is 20.7. The molecule has 6 heteroatoms. The van der Waals surface area contributed by atoms with E-state index in [0.717, 1.165) is 29.1 Å². The van der Waals surface area contributed by atoms with Crippen molar-refractivity contribution in [1.82, 2.24) is 9.36 Å². The molecule has 0 aliphatic rings. The molecule has 0 saturated carbocycles. The number of rotatable bonds is 9. The zero-order chi connectivity index (χ0) is 20.0. The first-order valence-electron chi connectivity index (χ1n) is 9.75. The lowest BCUT2D eigenvalue weighted by Crippen LogP contribution is -2.01. The fourth-order valence-electron chi connectivity index (χ4n) is 3.01. The zero-order valence-electron chi connectivity index (χ0n) is 16.4. The van der Waals surface area contributed by atoms with Crippen LogP contribution in [0.2, 0.25) is 0 Å². The monoisotopic (exact) mass is 414 g/mol. The third-order valence-electron chi connectivity index (χ3n) is 4.75. The first-order chi connectivity index (χ1) is 13.5. The van der Waals surface area contributed by atoms with Gasteiger partial charge in [0.25, 0.3) is 0 Å². The van der Waals surface area contributed by atoms with Crippen molar-refractivity contribution in [1.29, 1.82) is 0 Å². The molecular formula is C22H26N2O2S2. The van der Waals surface area contributed by atoms with E-state index in [1.165, 1.54) is 37.7 Å². The first-order valence-corrected chi connectivity index (χ1v) is 12.0. The van der Waals surface area contributed by atoms with E-state index >= 15 is 0 Å². The van der Waals surface area contributed by atoms with Crippen LogP contribution in [0.25, 0.3) is 11.4 Å². The van der Waals surface area contributed by atoms with Crippen molar-refractivity contribution >= 4 is 21.4 Å². The highest BCUT2D eigenvalue weighted by molar-refractivity contribution is 7.93. The second-order valence-corrected chi connectivity index (χ2v) is 9.94. The molecule has 3 rings (SSSR count). The molecule has 1 aromatic heterocycles. The highest BCUT2D eigenvalue weighted by Gasteiger charge is 2.23. The number of sulfone groups is 1. The fraction of sp³-hybridized carbons (Fsp3) is 0.364. The Hall–Kier alpha value is -2.05. The Morgan fingerprint density at radius 2 is 1.57 bits per heavy atom. The average Bonchev–Trinajstić information content (AvgIpc) is 3.20. The maximum Gasteiger partial charge on any atom is 0.235 e. The van der Waals surface area contributed by atoms with Crippen molar-refractivity contribution in [3.63, 3.8) is 0 Å². The Balaban J connectivity index is 1.69. The number of aryl methyl sites for hydroxylation is 2. The van der Waals surface area contributed by atoms with Gasteiger partial charge in [0.2, 0.25) is 14.2 Å². The van der Waals surface area contributed by atoms with Crippen LogP contribution in [0.4, 0.5) is 0 Å². The third kappa shape index (κ3) is 5.06. The van der Waals surface area contributed by atoms with Gasteiger partial charge >= 0.3 is 0 Å². The minimum Gasteiger partial charge on any atom is -0.216 e. The highest BCUT2D eigenvalue weighted by atomic mass is 32.2. The molecule has 3 aromatic rings. The predicted octanol–water partition coefficient (Wildman–Crippen LogP) is 5.86. The summed E-state index contributed by atoms with van der Waals surface area (Å²) in [4.78, 5) is 4.55. The number of hydrogen-bond acceptors (Lipinski definition) is 5. The van der Waals surface area contributed by atoms with E-state index in [9.17, 15) is 8.42 Å². The van der Waals surface area contributed by atoms with Crippen LogP contribution < -0.4 is 0 Å². The van der Waals surface area contributed by atoms with Crippen molar-refractivity contribution in [3.05, 3.63) is 59.7 Å². The maximum atomic E-state index is 12.7. The standard InChI is InChI=1S/C22H26N2O2S2/c1-3-4-5-6-7-8-18-11-13-19(14-12-18)21-23-22(27-24-21)28(25,26)20-15-9-17(2)10-16-20/h9-16H,3-8H2,1-2H3. The van der Waals surface area contributed by atoms with Crippen molar-refractivity contribution in [2.45, 2.75) is 61.6 Å². The lowest BCUT2D eigenvalue weighted by Gasteiger charge is -2.03. The quantitative estimate of drug-likeness (QED) is 0.412. The summed E-state index contributed by atoms with van der Waals surface area (Å²) in [5.41, 5.74) is 3.15. The van der Waals surface area contributed by atoms with E-state index in [1.54, 1.807) is 24.3 Å². The Kier molecular flexibility index (Phi) is 6.97. The Labute approximate surface area is 171 Å². The number of nitrogens with zero attached hydrogens (tertiary/aromatic N) is 2. The van der Waals surface area contributed by atoms with Gasteiger partial charge in [-0.05, 0) is 49.0 Å². The van der Waals surface area contributed by atoms with Crippen LogP contribution in [0.5, 0.6) is 0 Å². The molecule has 0 amide bonds. The Bertz CT molecular complexity index is 992. The number of unbranched alkanes of at least 4 members (excludes halogenated alkanes) is 4. The second-order valence-electron chi connectivity index (χ2n) is 7.06. The molecule has 0 aliphatic carbocycles. The largest absolute Gasteiger partial charge is 0.235 e. The molecule has 0 fully saturated rings. The summed E-state index contributed by atoms with van der Waals surface area (Å²) in [7, 11) is -3.63. The molecule has 0 spiro atoms. The molecule has 28 heavy (non-hydrogen) atoms. The third-order valence-corrected chi connectivity index (χ3v) is 7.59. The number of benzene rings is 2. The van der Waals surface area contributed by atoms with E-state index in [1.807, 2.05) is 19.1 Å². The number of aromatic nitrogens is 2. The van der Waals surface area contributed by atoms with Crippen LogP contribution in [-0.4, -0.2) is 17.8 Å². The van der Waals surface area contributed by atoms with E-state index in [0.29, 0.717) is 5.82 Å². The van der Waals surface area contributed by atoms with Gasteiger partial charge in [-0.3, -0.25) is 0 Å². The van der Waals surface area contributed by atoms with Gasteiger partial charge in [-0.15, -0.1) is 0 Å². The zero-order valence-corrected chi connectivity index (χ0v) is 18.0. The molecule has 148 valence electrons. The molecule has 0 bridgehead atoms. The molecule has 0 aliphatic heterocycles. The van der Waals surface area contributed by atoms with Gasteiger partial charge in [-0.25, -0.2) is 13.4 Å². The van der Waals surface area contributed by atoms with Gasteiger partial charge in [-0.1, -0.05) is 74.6 Å². The van der Waals surface area contributed by atoms with Crippen LogP contribution in [-0.2, 0) is 16.3 Å². The van der Waals surface area contributed by atoms with Gasteiger partial charge in [-0.2, -0.15) is 4.37 Å². The highest BCUT2D eigenvalue weighted by Crippen LogP contribution is 2.26. The van der Waals surface area contributed by atoms with Crippen LogP contribution in [0.15, 0.2) is 57.8 Å². The topological polar surface area (TPSA) is 59.9 Å². The van der Waals surface area contributed by atoms with Gasteiger partial charge in [0.15, 0.2) is 5.82 Å². The fourth-order valence-corrected chi connectivity index (χ4v) is 5.14. The molecule has 0 atom stereocenters. The van der Waals surface area contributed by atoms with Crippen molar-refractivity contribution in [2.24, 2.45) is 0 Å². The summed E-state index contributed by atoms with van der Waals surface area (Å²) in [6.07, 6.45) is 7.41. The second kappa shape index (κ2) is 9.43. The minimum atomic E-state index is -3.63. The molecule has 4 nitrogen and oxygen atoms in total. The molecule has 2 aromatic carbocycles. The van der Waals surface area contributed by atoms with Crippen molar-refractivity contribution < 1.29 is 8.42 Å². The van der Waals surface area contributed by atoms with Gasteiger partial charge in [0.1, 0.15) is 0 Å². The molecule has 0 radical (unpaired) electrons. The van der Waals surface area contributed by atoms with Crippen LogP contribution in [0, 0.1) is 6.92 Å². The summed E-state index contributed by atoms with van der Waals surface area (Å²) >= 11 is 0.927. The van der Waals surface area contributed by atoms with Crippen LogP contribution in [0.1, 0.15) is 50.2 Å². The average molecular weight is 415 g/mol. The van der Waals surface area contributed by atoms with E-state index < -0.39 is 9.84 Å². The van der Waals surface area contributed by atoms with E-state index in [2.05, 4.69) is 28.4 Å². The van der Waals surface area contributed by atoms with Crippen molar-refractivity contribution in [3.8, 4) is 11.4 Å². The number of hydrogen-bond donors (Lipinski definition) is 0. The summed E-state index contributed by atoms with van der Waals surface area (Å²) in [5.74, 6) is 0.463.